The van der Waals surface area contributed by atoms with Gasteiger partial charge in [-0.05, 0) is 12.1 Å². The fraction of sp³-hybridized carbons (Fsp3) is 0. The summed E-state index contributed by atoms with van der Waals surface area (Å²) in [6, 6.07) is 9.57. The van der Waals surface area contributed by atoms with Gasteiger partial charge >= 0.3 is 0 Å². The zero-order valence-electron chi connectivity index (χ0n) is 6.19. The maximum Gasteiger partial charge on any atom is 0.132 e. The number of phenols is 1. The molecule has 2 rings (SSSR count). The summed E-state index contributed by atoms with van der Waals surface area (Å²) >= 11 is 0. The molecule has 12 heavy (non-hydrogen) atoms. The number of nitrogens with zero attached hydrogens (tertiary/aromatic N) is 1. The summed E-state index contributed by atoms with van der Waals surface area (Å²) in [6.45, 7) is 0. The van der Waals surface area contributed by atoms with Crippen LogP contribution in [-0.2, 0) is 0 Å². The van der Waals surface area contributed by atoms with E-state index in [4.69, 9.17) is 5.11 Å². The summed E-state index contributed by atoms with van der Waals surface area (Å²) < 4.78 is 4.62. The number of hydrogen-bond donors (Lipinski definition) is 1. The van der Waals surface area contributed by atoms with Crippen molar-refractivity contribution in [3.63, 3.8) is 0 Å². The molecule has 0 amide bonds. The van der Waals surface area contributed by atoms with Gasteiger partial charge in [-0.2, -0.15) is 0 Å². The molecule has 0 fully saturated rings. The first-order valence-corrected chi connectivity index (χ1v) is 3.48. The van der Waals surface area contributed by atoms with Gasteiger partial charge in [-0.25, -0.2) is 0 Å². The number of phenolic OH excluding ortho intramolecular Hbond substituents is 1. The Labute approximate surface area is 69.2 Å². The molecule has 1 radical (unpaired) electrons. The zero-order chi connectivity index (χ0) is 8.39. The largest absolute Gasteiger partial charge is 0.508 e. The molecule has 0 spiro atoms. The predicted octanol–water partition coefficient (Wildman–Crippen LogP) is 1.85. The van der Waals surface area contributed by atoms with E-state index < -0.39 is 0 Å². The van der Waals surface area contributed by atoms with Crippen molar-refractivity contribution in [1.82, 2.24) is 5.16 Å². The molecule has 3 heteroatoms. The molecule has 0 saturated carbocycles. The van der Waals surface area contributed by atoms with Crippen molar-refractivity contribution in [2.45, 2.75) is 0 Å². The van der Waals surface area contributed by atoms with Gasteiger partial charge < -0.3 is 9.63 Å². The third-order valence-corrected chi connectivity index (χ3v) is 1.51. The van der Waals surface area contributed by atoms with Crippen LogP contribution in [0, 0.1) is 6.07 Å². The number of aromatic hydroxyl groups is 1. The molecule has 0 bridgehead atoms. The van der Waals surface area contributed by atoms with Crippen LogP contribution in [0.5, 0.6) is 5.75 Å². The van der Waals surface area contributed by atoms with Gasteiger partial charge in [0.2, 0.25) is 0 Å². The minimum atomic E-state index is 0.212. The standard InChI is InChI=1S/C9H6NO2/c11-8-3-1-2-7(6-8)9-4-5-12-10-9/h1-3,5-6,11H. The van der Waals surface area contributed by atoms with Crippen LogP contribution in [0.4, 0.5) is 0 Å². The first kappa shape index (κ1) is 6.91. The second kappa shape index (κ2) is 2.70. The molecule has 1 N–H and O–H groups in total. The lowest BCUT2D eigenvalue weighted by molar-refractivity contribution is 0.422. The Bertz CT molecular complexity index is 368. The highest BCUT2D eigenvalue weighted by molar-refractivity contribution is 5.59. The normalized spacial score (nSPS) is 10.0. The fourth-order valence-electron chi connectivity index (χ4n) is 0.977. The van der Waals surface area contributed by atoms with Gasteiger partial charge in [0.25, 0.3) is 0 Å². The maximum absolute atomic E-state index is 9.14. The molecule has 1 aromatic carbocycles. The van der Waals surface area contributed by atoms with Crippen molar-refractivity contribution in [1.29, 1.82) is 0 Å². The highest BCUT2D eigenvalue weighted by atomic mass is 16.5. The lowest BCUT2D eigenvalue weighted by Gasteiger charge is -1.94. The van der Waals surface area contributed by atoms with Crippen LogP contribution in [0.1, 0.15) is 0 Å². The molecule has 1 aromatic heterocycles. The molecular formula is C9H6NO2. The lowest BCUT2D eigenvalue weighted by Crippen LogP contribution is -1.75. The summed E-state index contributed by atoms with van der Waals surface area (Å²) in [7, 11) is 0. The molecule has 0 aliphatic carbocycles. The van der Waals surface area contributed by atoms with E-state index in [1.807, 2.05) is 6.07 Å². The summed E-state index contributed by atoms with van der Waals surface area (Å²) in [6.07, 6.45) is 1.37. The fourth-order valence-corrected chi connectivity index (χ4v) is 0.977. The van der Waals surface area contributed by atoms with Gasteiger partial charge in [-0.1, -0.05) is 17.3 Å². The summed E-state index contributed by atoms with van der Waals surface area (Å²) in [5, 5.41) is 12.8. The van der Waals surface area contributed by atoms with Crippen molar-refractivity contribution in [3.05, 3.63) is 36.6 Å². The number of benzene rings is 1. The second-order valence-corrected chi connectivity index (χ2v) is 2.36. The topological polar surface area (TPSA) is 46.3 Å². The Morgan fingerprint density at radius 2 is 2.33 bits per heavy atom. The minimum absolute atomic E-state index is 0.212. The van der Waals surface area contributed by atoms with Crippen molar-refractivity contribution in [3.8, 4) is 17.0 Å². The molecule has 0 aliphatic heterocycles. The molecular weight excluding hydrogens is 154 g/mol. The van der Waals surface area contributed by atoms with E-state index in [9.17, 15) is 0 Å². The van der Waals surface area contributed by atoms with Gasteiger partial charge in [0.05, 0.1) is 6.07 Å². The third kappa shape index (κ3) is 1.16. The van der Waals surface area contributed by atoms with Crippen LogP contribution in [-0.4, -0.2) is 10.3 Å². The highest BCUT2D eigenvalue weighted by Crippen LogP contribution is 2.20. The average molecular weight is 160 g/mol. The quantitative estimate of drug-likeness (QED) is 0.692. The van der Waals surface area contributed by atoms with Crippen LogP contribution >= 0.6 is 0 Å². The van der Waals surface area contributed by atoms with Crippen molar-refractivity contribution >= 4 is 0 Å². The monoisotopic (exact) mass is 160 g/mol. The van der Waals surface area contributed by atoms with Gasteiger partial charge in [-0.3, -0.25) is 0 Å². The highest BCUT2D eigenvalue weighted by Gasteiger charge is 2.00. The Morgan fingerprint density at radius 3 is 3.00 bits per heavy atom. The van der Waals surface area contributed by atoms with Crippen LogP contribution < -0.4 is 0 Å². The Balaban J connectivity index is 2.48. The van der Waals surface area contributed by atoms with E-state index in [-0.39, 0.29) is 5.75 Å². The van der Waals surface area contributed by atoms with E-state index >= 15 is 0 Å². The summed E-state index contributed by atoms with van der Waals surface area (Å²) in [4.78, 5) is 0. The molecule has 0 saturated heterocycles. The summed E-state index contributed by atoms with van der Waals surface area (Å²) in [5.74, 6) is 0.212. The van der Waals surface area contributed by atoms with Crippen LogP contribution in [0.25, 0.3) is 11.3 Å². The number of hydrogen-bond acceptors (Lipinski definition) is 3. The minimum Gasteiger partial charge on any atom is -0.508 e. The van der Waals surface area contributed by atoms with Crippen LogP contribution in [0.15, 0.2) is 35.1 Å². The zero-order valence-corrected chi connectivity index (χ0v) is 6.19. The second-order valence-electron chi connectivity index (χ2n) is 2.36. The number of aromatic nitrogens is 1. The van der Waals surface area contributed by atoms with E-state index in [2.05, 4.69) is 15.7 Å². The number of rotatable bonds is 1. The van der Waals surface area contributed by atoms with Crippen LogP contribution in [0.3, 0.4) is 0 Å². The van der Waals surface area contributed by atoms with Gasteiger partial charge in [-0.15, -0.1) is 0 Å². The molecule has 0 atom stereocenters. The van der Waals surface area contributed by atoms with Gasteiger partial charge in [0, 0.05) is 5.56 Å². The lowest BCUT2D eigenvalue weighted by atomic mass is 10.1. The van der Waals surface area contributed by atoms with Gasteiger partial charge in [0.15, 0.2) is 0 Å². The average Bonchev–Trinajstić information content (AvgIpc) is 2.56. The van der Waals surface area contributed by atoms with Gasteiger partial charge in [0.1, 0.15) is 17.7 Å². The Hall–Kier alpha value is -1.77. The van der Waals surface area contributed by atoms with E-state index in [1.165, 1.54) is 6.26 Å². The Kier molecular flexibility index (Phi) is 1.55. The smallest absolute Gasteiger partial charge is 0.132 e. The van der Waals surface area contributed by atoms with E-state index in [0.717, 1.165) is 5.56 Å². The van der Waals surface area contributed by atoms with Crippen molar-refractivity contribution in [2.24, 2.45) is 0 Å². The molecule has 3 nitrogen and oxygen atoms in total. The third-order valence-electron chi connectivity index (χ3n) is 1.51. The van der Waals surface area contributed by atoms with E-state index in [1.54, 1.807) is 18.2 Å². The molecule has 59 valence electrons. The predicted molar refractivity (Wildman–Crippen MR) is 42.4 cm³/mol. The maximum atomic E-state index is 9.14. The van der Waals surface area contributed by atoms with Crippen molar-refractivity contribution in [2.75, 3.05) is 0 Å². The van der Waals surface area contributed by atoms with Crippen molar-refractivity contribution < 1.29 is 9.63 Å². The first-order chi connectivity index (χ1) is 5.86. The molecule has 1 heterocycles. The molecule has 2 aromatic rings. The first-order valence-electron chi connectivity index (χ1n) is 3.48. The molecule has 0 aliphatic rings. The SMILES string of the molecule is Oc1cccc(-c2[c]con2)c1. The molecule has 0 unspecified atom stereocenters. The summed E-state index contributed by atoms with van der Waals surface area (Å²) in [5.41, 5.74) is 1.40. The Morgan fingerprint density at radius 1 is 1.42 bits per heavy atom. The van der Waals surface area contributed by atoms with E-state index in [0.29, 0.717) is 5.69 Å². The van der Waals surface area contributed by atoms with Crippen LogP contribution in [0.2, 0.25) is 0 Å².